The van der Waals surface area contributed by atoms with Crippen LogP contribution in [0, 0.1) is 5.92 Å². The Hall–Kier alpha value is -1.95. The summed E-state index contributed by atoms with van der Waals surface area (Å²) < 4.78 is 15.8. The van der Waals surface area contributed by atoms with Crippen molar-refractivity contribution in [3.05, 3.63) is 17.7 Å². The van der Waals surface area contributed by atoms with E-state index in [1.54, 1.807) is 12.1 Å². The molecule has 0 spiro atoms. The van der Waals surface area contributed by atoms with E-state index in [0.717, 1.165) is 25.9 Å². The summed E-state index contributed by atoms with van der Waals surface area (Å²) >= 11 is 0. The average molecular weight is 308 g/mol. The van der Waals surface area contributed by atoms with E-state index in [9.17, 15) is 4.79 Å². The zero-order chi connectivity index (χ0) is 15.9. The van der Waals surface area contributed by atoms with E-state index in [4.69, 9.17) is 14.2 Å². The van der Waals surface area contributed by atoms with Crippen LogP contribution in [0.25, 0.3) is 0 Å². The lowest BCUT2D eigenvalue weighted by Gasteiger charge is -2.23. The molecule has 1 amide bonds. The van der Waals surface area contributed by atoms with Gasteiger partial charge in [-0.2, -0.15) is 0 Å². The van der Waals surface area contributed by atoms with Gasteiger partial charge in [-0.15, -0.1) is 0 Å². The van der Waals surface area contributed by atoms with Crippen molar-refractivity contribution in [2.45, 2.75) is 12.8 Å². The topological polar surface area (TPSA) is 68.8 Å². The maximum Gasteiger partial charge on any atom is 0.251 e. The minimum absolute atomic E-state index is 0.134. The van der Waals surface area contributed by atoms with Gasteiger partial charge in [0.15, 0.2) is 11.5 Å². The van der Waals surface area contributed by atoms with Crippen LogP contribution in [-0.2, 0) is 0 Å². The molecule has 6 nitrogen and oxygen atoms in total. The fraction of sp³-hybridized carbons (Fsp3) is 0.562. The normalized spacial score (nSPS) is 17.7. The van der Waals surface area contributed by atoms with Crippen LogP contribution in [0.1, 0.15) is 23.2 Å². The Morgan fingerprint density at radius 3 is 2.41 bits per heavy atom. The highest BCUT2D eigenvalue weighted by atomic mass is 16.5. The number of piperidine rings is 1. The lowest BCUT2D eigenvalue weighted by atomic mass is 9.99. The molecule has 1 aliphatic heterocycles. The van der Waals surface area contributed by atoms with Crippen molar-refractivity contribution in [2.75, 3.05) is 41.0 Å². The third-order valence-corrected chi connectivity index (χ3v) is 3.88. The Morgan fingerprint density at radius 2 is 1.91 bits per heavy atom. The number of benzene rings is 1. The van der Waals surface area contributed by atoms with E-state index in [1.165, 1.54) is 21.3 Å². The van der Waals surface area contributed by atoms with Crippen molar-refractivity contribution in [1.82, 2.24) is 10.6 Å². The van der Waals surface area contributed by atoms with E-state index in [2.05, 4.69) is 10.6 Å². The molecule has 6 heteroatoms. The number of ether oxygens (including phenoxy) is 3. The second-order valence-corrected chi connectivity index (χ2v) is 5.34. The highest BCUT2D eigenvalue weighted by Crippen LogP contribution is 2.38. The second-order valence-electron chi connectivity index (χ2n) is 5.34. The van der Waals surface area contributed by atoms with Gasteiger partial charge in [-0.05, 0) is 44.0 Å². The standard InChI is InChI=1S/C16H24N2O4/c1-20-13-7-12(8-14(21-2)15(13)22-3)16(19)18-10-11-5-4-6-17-9-11/h7-8,11,17H,4-6,9-10H2,1-3H3,(H,18,19). The predicted octanol–water partition coefficient (Wildman–Crippen LogP) is 1.44. The molecule has 1 aromatic rings. The molecule has 1 atom stereocenters. The summed E-state index contributed by atoms with van der Waals surface area (Å²) in [4.78, 5) is 12.3. The molecule has 1 fully saturated rings. The van der Waals surface area contributed by atoms with E-state index in [0.29, 0.717) is 35.3 Å². The average Bonchev–Trinajstić information content (AvgIpc) is 2.59. The van der Waals surface area contributed by atoms with Crippen molar-refractivity contribution >= 4 is 5.91 Å². The van der Waals surface area contributed by atoms with Crippen LogP contribution in [0.3, 0.4) is 0 Å². The Bertz CT molecular complexity index is 488. The van der Waals surface area contributed by atoms with Gasteiger partial charge in [0.2, 0.25) is 5.75 Å². The summed E-state index contributed by atoms with van der Waals surface area (Å²) in [5, 5.41) is 6.32. The molecule has 1 heterocycles. The monoisotopic (exact) mass is 308 g/mol. The molecule has 0 aromatic heterocycles. The number of nitrogens with one attached hydrogen (secondary N) is 2. The van der Waals surface area contributed by atoms with Crippen molar-refractivity contribution in [3.8, 4) is 17.2 Å². The third kappa shape index (κ3) is 3.82. The van der Waals surface area contributed by atoms with Gasteiger partial charge >= 0.3 is 0 Å². The lowest BCUT2D eigenvalue weighted by molar-refractivity contribution is 0.0944. The van der Waals surface area contributed by atoms with Crippen molar-refractivity contribution in [1.29, 1.82) is 0 Å². The Kier molecular flexibility index (Phi) is 5.89. The first-order valence-corrected chi connectivity index (χ1v) is 7.48. The predicted molar refractivity (Wildman–Crippen MR) is 84.0 cm³/mol. The van der Waals surface area contributed by atoms with E-state index in [1.807, 2.05) is 0 Å². The van der Waals surface area contributed by atoms with E-state index >= 15 is 0 Å². The molecular formula is C16H24N2O4. The quantitative estimate of drug-likeness (QED) is 0.832. The molecule has 2 rings (SSSR count). The van der Waals surface area contributed by atoms with Crippen LogP contribution in [0.4, 0.5) is 0 Å². The number of carbonyl (C=O) groups excluding carboxylic acids is 1. The summed E-state index contributed by atoms with van der Waals surface area (Å²) in [6.07, 6.45) is 2.30. The van der Waals surface area contributed by atoms with Crippen LogP contribution >= 0.6 is 0 Å². The number of rotatable bonds is 6. The SMILES string of the molecule is COc1cc(C(=O)NCC2CCCNC2)cc(OC)c1OC. The summed E-state index contributed by atoms with van der Waals surface area (Å²) in [5.74, 6) is 1.79. The molecule has 1 saturated heterocycles. The molecule has 0 radical (unpaired) electrons. The highest BCUT2D eigenvalue weighted by molar-refractivity contribution is 5.95. The number of methoxy groups -OCH3 is 3. The molecular weight excluding hydrogens is 284 g/mol. The van der Waals surface area contributed by atoms with Gasteiger partial charge in [-0.1, -0.05) is 0 Å². The fourth-order valence-electron chi connectivity index (χ4n) is 2.65. The maximum atomic E-state index is 12.3. The first kappa shape index (κ1) is 16.4. The van der Waals surface area contributed by atoms with E-state index in [-0.39, 0.29) is 5.91 Å². The second kappa shape index (κ2) is 7.89. The van der Waals surface area contributed by atoms with Gasteiger partial charge in [0.05, 0.1) is 21.3 Å². The number of hydrogen-bond donors (Lipinski definition) is 2. The molecule has 122 valence electrons. The summed E-state index contributed by atoms with van der Waals surface area (Å²) in [5.41, 5.74) is 0.498. The third-order valence-electron chi connectivity index (χ3n) is 3.88. The Balaban J connectivity index is 2.08. The number of carbonyl (C=O) groups is 1. The van der Waals surface area contributed by atoms with Crippen LogP contribution in [0.2, 0.25) is 0 Å². The lowest BCUT2D eigenvalue weighted by Crippen LogP contribution is -2.38. The molecule has 0 aliphatic carbocycles. The van der Waals surface area contributed by atoms with Crippen molar-refractivity contribution in [3.63, 3.8) is 0 Å². The van der Waals surface area contributed by atoms with Gasteiger partial charge in [0.1, 0.15) is 0 Å². The Morgan fingerprint density at radius 1 is 1.23 bits per heavy atom. The van der Waals surface area contributed by atoms with Gasteiger partial charge in [-0.25, -0.2) is 0 Å². The zero-order valence-electron chi connectivity index (χ0n) is 13.4. The van der Waals surface area contributed by atoms with Crippen LogP contribution < -0.4 is 24.8 Å². The molecule has 2 N–H and O–H groups in total. The molecule has 1 unspecified atom stereocenters. The molecule has 1 aromatic carbocycles. The summed E-state index contributed by atoms with van der Waals surface area (Å²) in [6, 6.07) is 3.33. The summed E-state index contributed by atoms with van der Waals surface area (Å²) in [7, 11) is 4.61. The van der Waals surface area contributed by atoms with Crippen molar-refractivity contribution in [2.24, 2.45) is 5.92 Å². The van der Waals surface area contributed by atoms with Gasteiger partial charge < -0.3 is 24.8 Å². The molecule has 0 bridgehead atoms. The number of amides is 1. The van der Waals surface area contributed by atoms with Gasteiger partial charge in [-0.3, -0.25) is 4.79 Å². The highest BCUT2D eigenvalue weighted by Gasteiger charge is 2.18. The van der Waals surface area contributed by atoms with Gasteiger partial charge in [0.25, 0.3) is 5.91 Å². The first-order valence-electron chi connectivity index (χ1n) is 7.48. The Labute approximate surface area is 131 Å². The number of hydrogen-bond acceptors (Lipinski definition) is 5. The smallest absolute Gasteiger partial charge is 0.251 e. The first-order chi connectivity index (χ1) is 10.7. The van der Waals surface area contributed by atoms with Crippen LogP contribution in [0.5, 0.6) is 17.2 Å². The summed E-state index contributed by atoms with van der Waals surface area (Å²) in [6.45, 7) is 2.69. The minimum Gasteiger partial charge on any atom is -0.493 e. The molecule has 22 heavy (non-hydrogen) atoms. The van der Waals surface area contributed by atoms with Crippen LogP contribution in [0.15, 0.2) is 12.1 Å². The molecule has 0 saturated carbocycles. The van der Waals surface area contributed by atoms with Gasteiger partial charge in [0, 0.05) is 12.1 Å². The largest absolute Gasteiger partial charge is 0.493 e. The zero-order valence-corrected chi connectivity index (χ0v) is 13.4. The van der Waals surface area contributed by atoms with Crippen molar-refractivity contribution < 1.29 is 19.0 Å². The minimum atomic E-state index is -0.134. The van der Waals surface area contributed by atoms with E-state index < -0.39 is 0 Å². The molecule has 1 aliphatic rings. The van der Waals surface area contributed by atoms with Crippen LogP contribution in [-0.4, -0.2) is 46.9 Å². The fourth-order valence-corrected chi connectivity index (χ4v) is 2.65. The maximum absolute atomic E-state index is 12.3.